The Morgan fingerprint density at radius 2 is 0.637 bits per heavy atom. The zero-order valence-corrected chi connectivity index (χ0v) is 64.4. The monoisotopic (exact) mass is 1550 g/mol. The maximum absolute atomic E-state index is 16.4. The van der Waals surface area contributed by atoms with Gasteiger partial charge in [0, 0.05) is 12.8 Å². The number of rotatable bonds is 48. The molecule has 11 aromatic rings. The molecule has 13 rings (SSSR count). The molecule has 13 atom stereocenters. The number of benzene rings is 11. The number of aliphatic hydroxyl groups excluding tert-OH is 1. The number of phosphoric ester groups is 1. The normalized spacial score (nSPS) is 19.1. The van der Waals surface area contributed by atoms with E-state index in [1.165, 1.54) is 0 Å². The number of aliphatic hydroxyl groups is 1. The maximum Gasteiger partial charge on any atom is 0.475 e. The van der Waals surface area contributed by atoms with Gasteiger partial charge in [-0.1, -0.05) is 309 Å². The molecule has 590 valence electrons. The number of hydrogen-bond acceptors (Lipinski definition) is 18. The molecule has 9 unspecified atom stereocenters. The zero-order valence-electron chi connectivity index (χ0n) is 63.5. The lowest BCUT2D eigenvalue weighted by molar-refractivity contribution is -0.208. The van der Waals surface area contributed by atoms with E-state index < -0.39 is 88.0 Å². The fourth-order valence-corrected chi connectivity index (χ4v) is 14.8. The number of fused-ring (bicyclic) bond motifs is 1. The van der Waals surface area contributed by atoms with Crippen LogP contribution < -0.4 is 0 Å². The molecule has 0 radical (unpaired) electrons. The first kappa shape index (κ1) is 82.2. The van der Waals surface area contributed by atoms with Gasteiger partial charge in [-0.2, -0.15) is 0 Å². The second-order valence-corrected chi connectivity index (χ2v) is 29.7. The van der Waals surface area contributed by atoms with E-state index in [-0.39, 0.29) is 98.7 Å². The molecule has 2 aliphatic rings. The van der Waals surface area contributed by atoms with Crippen LogP contribution in [0.4, 0.5) is 0 Å². The highest BCUT2D eigenvalue weighted by molar-refractivity contribution is 7.48. The molecule has 19 heteroatoms. The largest absolute Gasteiger partial charge is 0.475 e. The molecule has 0 saturated carbocycles. The van der Waals surface area contributed by atoms with Gasteiger partial charge in [-0.25, -0.2) is 4.57 Å². The molecule has 0 bridgehead atoms. The van der Waals surface area contributed by atoms with E-state index in [0.29, 0.717) is 18.8 Å². The molecule has 0 amide bonds. The van der Waals surface area contributed by atoms with Gasteiger partial charge < -0.3 is 66.7 Å². The molecule has 2 saturated heterocycles. The molecule has 0 aliphatic carbocycles. The molecular weight excluding hydrogens is 1450 g/mol. The minimum atomic E-state index is -4.79. The van der Waals surface area contributed by atoms with Gasteiger partial charge in [-0.15, -0.1) is 0 Å². The van der Waals surface area contributed by atoms with Gasteiger partial charge in [-0.3, -0.25) is 13.6 Å². The quantitative estimate of drug-likeness (QED) is 0.0355. The highest BCUT2D eigenvalue weighted by Crippen LogP contribution is 2.54. The lowest BCUT2D eigenvalue weighted by Crippen LogP contribution is -2.47. The summed E-state index contributed by atoms with van der Waals surface area (Å²) >= 11 is 0. The Hall–Kier alpha value is -8.77. The van der Waals surface area contributed by atoms with Crippen LogP contribution in [0.2, 0.25) is 0 Å². The highest BCUT2D eigenvalue weighted by Gasteiger charge is 2.46. The topological polar surface area (TPSA) is 185 Å². The van der Waals surface area contributed by atoms with Crippen molar-refractivity contribution in [3.8, 4) is 0 Å². The van der Waals surface area contributed by atoms with Crippen LogP contribution in [0.25, 0.3) is 10.8 Å². The molecule has 113 heavy (non-hydrogen) atoms. The van der Waals surface area contributed by atoms with Crippen molar-refractivity contribution in [1.82, 2.24) is 0 Å². The average molecular weight is 1550 g/mol. The molecule has 0 aromatic heterocycles. The summed E-state index contributed by atoms with van der Waals surface area (Å²) in [5.74, 6) is 0. The predicted molar refractivity (Wildman–Crippen MR) is 430 cm³/mol. The van der Waals surface area contributed by atoms with Gasteiger partial charge >= 0.3 is 7.82 Å². The van der Waals surface area contributed by atoms with Crippen LogP contribution in [0.15, 0.2) is 315 Å². The van der Waals surface area contributed by atoms with Crippen LogP contribution in [0.5, 0.6) is 0 Å². The SMILES string of the molecule is O=P(OCc1ccccc1)(OCC(OCc1ccccc1)C(OCc1ccccc1)C(CO[C@H]1CC(O)[C@@H](COCc2ccccc2)O1)OCc1ccccc1)OC1C[C@H](OCC(OCc2ccccc2)C(OCc2ccccc2)C(COCc2ccc3ccccc3c2)OCc2ccccc2)O[C@@H]1COCc1ccccc1. The van der Waals surface area contributed by atoms with Crippen molar-refractivity contribution in [1.29, 1.82) is 0 Å². The van der Waals surface area contributed by atoms with Crippen molar-refractivity contribution in [2.75, 3.05) is 39.6 Å². The Balaban J connectivity index is 0.800. The first-order chi connectivity index (χ1) is 55.7. The number of phosphoric acid groups is 1. The smallest absolute Gasteiger partial charge is 0.390 e. The second-order valence-electron chi connectivity index (χ2n) is 28.1. The Bertz CT molecular complexity index is 4480. The van der Waals surface area contributed by atoms with Crippen molar-refractivity contribution >= 4 is 18.6 Å². The van der Waals surface area contributed by atoms with Gasteiger partial charge in [0.15, 0.2) is 12.6 Å². The zero-order chi connectivity index (χ0) is 77.2. The van der Waals surface area contributed by atoms with Crippen molar-refractivity contribution < 1.29 is 84.8 Å². The van der Waals surface area contributed by atoms with Crippen LogP contribution in [0.1, 0.15) is 68.5 Å². The highest BCUT2D eigenvalue weighted by atomic mass is 31.2. The van der Waals surface area contributed by atoms with E-state index in [9.17, 15) is 5.11 Å². The van der Waals surface area contributed by atoms with E-state index >= 15 is 4.57 Å². The fourth-order valence-electron chi connectivity index (χ4n) is 13.4. The first-order valence-corrected chi connectivity index (χ1v) is 40.3. The summed E-state index contributed by atoms with van der Waals surface area (Å²) < 4.78 is 125. The molecule has 1 N–H and O–H groups in total. The first-order valence-electron chi connectivity index (χ1n) is 38.8. The molecular formula is C94H101O18P. The summed E-state index contributed by atoms with van der Waals surface area (Å²) in [4.78, 5) is 0. The third-order valence-electron chi connectivity index (χ3n) is 19.6. The van der Waals surface area contributed by atoms with Crippen LogP contribution in [-0.4, -0.2) is 118 Å². The molecule has 2 heterocycles. The third kappa shape index (κ3) is 26.9. The Morgan fingerprint density at radius 3 is 1.06 bits per heavy atom. The van der Waals surface area contributed by atoms with Crippen molar-refractivity contribution in [2.45, 2.75) is 153 Å². The van der Waals surface area contributed by atoms with E-state index in [1.54, 1.807) is 0 Å². The molecule has 2 aliphatic heterocycles. The molecule has 2 fully saturated rings. The summed E-state index contributed by atoms with van der Waals surface area (Å²) in [6, 6.07) is 103. The van der Waals surface area contributed by atoms with Gasteiger partial charge in [-0.05, 0) is 72.5 Å². The van der Waals surface area contributed by atoms with Gasteiger partial charge in [0.05, 0.1) is 112 Å². The average Bonchev–Trinajstić information content (AvgIpc) is 1.74. The van der Waals surface area contributed by atoms with Crippen LogP contribution in [0.3, 0.4) is 0 Å². The maximum atomic E-state index is 16.4. The van der Waals surface area contributed by atoms with E-state index in [2.05, 4.69) is 30.3 Å². The summed E-state index contributed by atoms with van der Waals surface area (Å²) in [5.41, 5.74) is 9.09. The Kier molecular flexibility index (Phi) is 32.6. The van der Waals surface area contributed by atoms with Gasteiger partial charge in [0.1, 0.15) is 54.9 Å². The van der Waals surface area contributed by atoms with Crippen molar-refractivity contribution in [3.05, 3.63) is 371 Å². The second kappa shape index (κ2) is 44.8. The number of hydrogen-bond donors (Lipinski definition) is 1. The predicted octanol–water partition coefficient (Wildman–Crippen LogP) is 17.7. The van der Waals surface area contributed by atoms with E-state index in [1.807, 2.05) is 285 Å². The van der Waals surface area contributed by atoms with E-state index in [0.717, 1.165) is 60.8 Å². The fraction of sp³-hybridized carbons (Fsp3) is 0.319. The number of ether oxygens (including phenoxy) is 13. The minimum absolute atomic E-state index is 0.0133. The van der Waals surface area contributed by atoms with Crippen molar-refractivity contribution in [2.24, 2.45) is 0 Å². The van der Waals surface area contributed by atoms with Crippen LogP contribution in [0, 0.1) is 0 Å². The lowest BCUT2D eigenvalue weighted by atomic mass is 10.1. The Morgan fingerprint density at radius 1 is 0.310 bits per heavy atom. The molecule has 0 spiro atoms. The summed E-state index contributed by atoms with van der Waals surface area (Å²) in [7, 11) is -4.79. The molecule has 18 nitrogen and oxygen atoms in total. The summed E-state index contributed by atoms with van der Waals surface area (Å²) in [6.45, 7) is 1.35. The van der Waals surface area contributed by atoms with Crippen LogP contribution in [-0.2, 0) is 146 Å². The van der Waals surface area contributed by atoms with E-state index in [4.69, 9.17) is 75.2 Å². The minimum Gasteiger partial charge on any atom is -0.390 e. The van der Waals surface area contributed by atoms with Gasteiger partial charge in [0.2, 0.25) is 0 Å². The van der Waals surface area contributed by atoms with Crippen molar-refractivity contribution in [3.63, 3.8) is 0 Å². The summed E-state index contributed by atoms with van der Waals surface area (Å²) in [6.07, 6.45) is -10.5. The Labute approximate surface area is 663 Å². The summed E-state index contributed by atoms with van der Waals surface area (Å²) in [5, 5.41) is 13.6. The molecule has 11 aromatic carbocycles. The lowest BCUT2D eigenvalue weighted by Gasteiger charge is -2.35. The standard InChI is InChI=1S/C94H101O18P/c95-83-53-91(110-85(83)65-97-55-71-30-10-1-11-31-71)104-68-89(102-60-75-38-18-5-19-39-75)94(107-63-78-44-24-8-25-45-78)90(103-61-76-40-20-6-21-41-76)70-109-113(96,108-64-79-46-26-9-27-47-79)112-84-54-92(111-86(84)66-98-56-72-32-12-2-13-33-72)105-69-88(101-59-74-36-16-4-17-37-74)93(106-62-77-42-22-7-23-43-77)87(100-58-73-34-14-3-15-35-73)67-99-57-80-50-51-81-48-28-29-49-82(81)52-80/h1-52,83-95H,53-70H2/t83?,84?,85-,86-,87?,88?,89?,90?,91-,92-,93?,94?,113?/m1/s1. The third-order valence-corrected chi connectivity index (χ3v) is 21.0. The van der Waals surface area contributed by atoms with Gasteiger partial charge in [0.25, 0.3) is 0 Å². The van der Waals surface area contributed by atoms with Crippen LogP contribution >= 0.6 is 7.82 Å².